The molecular formula is C16H20O4. The van der Waals surface area contributed by atoms with Crippen molar-refractivity contribution < 1.29 is 19.4 Å². The van der Waals surface area contributed by atoms with Gasteiger partial charge in [0.05, 0.1) is 5.60 Å². The zero-order valence-corrected chi connectivity index (χ0v) is 12.1. The summed E-state index contributed by atoms with van der Waals surface area (Å²) < 4.78 is 11.9. The molecule has 1 aliphatic heterocycles. The first-order valence-corrected chi connectivity index (χ1v) is 7.02. The third kappa shape index (κ3) is 1.86. The number of carbonyl (C=O) groups is 1. The second kappa shape index (κ2) is 4.30. The van der Waals surface area contributed by atoms with Crippen LogP contribution >= 0.6 is 0 Å². The van der Waals surface area contributed by atoms with Crippen LogP contribution in [0.2, 0.25) is 0 Å². The Morgan fingerprint density at radius 1 is 1.35 bits per heavy atom. The van der Waals surface area contributed by atoms with Crippen molar-refractivity contribution in [1.29, 1.82) is 0 Å². The predicted octanol–water partition coefficient (Wildman–Crippen LogP) is 2.52. The van der Waals surface area contributed by atoms with Gasteiger partial charge in [-0.2, -0.15) is 0 Å². The fraction of sp³-hybridized carbons (Fsp3) is 0.562. The highest BCUT2D eigenvalue weighted by Gasteiger charge is 2.54. The van der Waals surface area contributed by atoms with Gasteiger partial charge in [-0.15, -0.1) is 0 Å². The minimum absolute atomic E-state index is 0.0256. The molecule has 0 amide bonds. The molecule has 0 unspecified atom stereocenters. The Bertz CT molecular complexity index is 551. The first-order valence-electron chi connectivity index (χ1n) is 7.02. The van der Waals surface area contributed by atoms with Gasteiger partial charge in [0.25, 0.3) is 0 Å². The molecule has 3 atom stereocenters. The van der Waals surface area contributed by atoms with Crippen LogP contribution in [0, 0.1) is 5.92 Å². The highest BCUT2D eigenvalue weighted by molar-refractivity contribution is 5.58. The molecule has 0 aromatic heterocycles. The van der Waals surface area contributed by atoms with E-state index in [1.54, 1.807) is 6.07 Å². The molecule has 1 saturated heterocycles. The van der Waals surface area contributed by atoms with Gasteiger partial charge in [-0.1, -0.05) is 12.1 Å². The second-order valence-electron chi connectivity index (χ2n) is 6.28. The summed E-state index contributed by atoms with van der Waals surface area (Å²) in [6, 6.07) is 5.50. The zero-order valence-electron chi connectivity index (χ0n) is 12.1. The maximum absolute atomic E-state index is 11.4. The lowest BCUT2D eigenvalue weighted by molar-refractivity contribution is -0.351. The molecular weight excluding hydrogens is 256 g/mol. The van der Waals surface area contributed by atoms with Crippen LogP contribution in [-0.2, 0) is 26.3 Å². The number of hydrogen-bond donors (Lipinski definition) is 1. The van der Waals surface area contributed by atoms with E-state index >= 15 is 0 Å². The number of phenolic OH excluding ortho intramolecular Hbond substituents is 1. The lowest BCUT2D eigenvalue weighted by atomic mass is 9.69. The number of rotatable bonds is 1. The lowest BCUT2D eigenvalue weighted by Crippen LogP contribution is -2.57. The average molecular weight is 276 g/mol. The summed E-state index contributed by atoms with van der Waals surface area (Å²) in [4.78, 5) is 11.4. The molecule has 20 heavy (non-hydrogen) atoms. The number of aldehydes is 1. The zero-order chi connectivity index (χ0) is 14.5. The van der Waals surface area contributed by atoms with Gasteiger partial charge in [0, 0.05) is 5.92 Å². The molecule has 1 aromatic carbocycles. The molecule has 1 aromatic rings. The summed E-state index contributed by atoms with van der Waals surface area (Å²) in [5.74, 6) is -0.545. The topological polar surface area (TPSA) is 55.8 Å². The molecule has 1 fully saturated rings. The normalized spacial score (nSPS) is 35.0. The van der Waals surface area contributed by atoms with Crippen molar-refractivity contribution in [2.45, 2.75) is 51.1 Å². The van der Waals surface area contributed by atoms with E-state index < -0.39 is 17.5 Å². The van der Waals surface area contributed by atoms with Gasteiger partial charge in [0.1, 0.15) is 18.1 Å². The number of carbonyl (C=O) groups excluding carboxylic acids is 1. The van der Waals surface area contributed by atoms with Crippen LogP contribution in [0.25, 0.3) is 0 Å². The van der Waals surface area contributed by atoms with Gasteiger partial charge >= 0.3 is 0 Å². The highest BCUT2D eigenvalue weighted by Crippen LogP contribution is 2.51. The molecule has 3 rings (SSSR count). The maximum atomic E-state index is 11.4. The number of hydrogen-bond acceptors (Lipinski definition) is 4. The first-order chi connectivity index (χ1) is 9.37. The third-order valence-electron chi connectivity index (χ3n) is 4.51. The summed E-state index contributed by atoms with van der Waals surface area (Å²) in [5, 5.41) is 10.1. The standard InChI is InChI=1S/C16H20O4/c1-15(2)19-14(9-17)12-8-7-10-11(16(12,3)20-15)5-4-6-13(10)18/h4-6,9,12,14,18H,7-8H2,1-3H3/t12-,14-,16-/m0/s1. The minimum atomic E-state index is -0.823. The Labute approximate surface area is 118 Å². The van der Waals surface area contributed by atoms with Crippen molar-refractivity contribution in [2.75, 3.05) is 0 Å². The molecule has 2 aliphatic rings. The molecule has 4 heteroatoms. The van der Waals surface area contributed by atoms with E-state index in [1.807, 2.05) is 32.9 Å². The third-order valence-corrected chi connectivity index (χ3v) is 4.51. The molecule has 1 heterocycles. The quantitative estimate of drug-likeness (QED) is 0.801. The second-order valence-corrected chi connectivity index (χ2v) is 6.28. The molecule has 1 aliphatic carbocycles. The monoisotopic (exact) mass is 276 g/mol. The van der Waals surface area contributed by atoms with Crippen LogP contribution in [0.15, 0.2) is 18.2 Å². The molecule has 0 spiro atoms. The number of benzene rings is 1. The lowest BCUT2D eigenvalue weighted by Gasteiger charge is -2.53. The fourth-order valence-electron chi connectivity index (χ4n) is 3.75. The maximum Gasteiger partial charge on any atom is 0.164 e. The first kappa shape index (κ1) is 13.6. The van der Waals surface area contributed by atoms with Crippen LogP contribution in [0.4, 0.5) is 0 Å². The van der Waals surface area contributed by atoms with Crippen LogP contribution in [0.5, 0.6) is 5.75 Å². The van der Waals surface area contributed by atoms with Crippen molar-refractivity contribution >= 4 is 6.29 Å². The van der Waals surface area contributed by atoms with Gasteiger partial charge in [0.2, 0.25) is 0 Å². The summed E-state index contributed by atoms with van der Waals surface area (Å²) in [6.07, 6.45) is 1.90. The van der Waals surface area contributed by atoms with Gasteiger partial charge in [0.15, 0.2) is 5.79 Å². The fourth-order valence-corrected chi connectivity index (χ4v) is 3.75. The number of phenols is 1. The van der Waals surface area contributed by atoms with Crippen molar-refractivity contribution in [1.82, 2.24) is 0 Å². The van der Waals surface area contributed by atoms with Crippen molar-refractivity contribution in [2.24, 2.45) is 5.92 Å². The summed E-state index contributed by atoms with van der Waals surface area (Å²) in [7, 11) is 0. The molecule has 108 valence electrons. The van der Waals surface area contributed by atoms with Crippen molar-refractivity contribution in [3.05, 3.63) is 29.3 Å². The summed E-state index contributed by atoms with van der Waals surface area (Å²) in [5.41, 5.74) is 1.28. The predicted molar refractivity (Wildman–Crippen MR) is 73.4 cm³/mol. The number of ether oxygens (including phenoxy) is 2. The van der Waals surface area contributed by atoms with Crippen molar-refractivity contribution in [3.63, 3.8) is 0 Å². The van der Waals surface area contributed by atoms with Gasteiger partial charge in [-0.05, 0) is 50.8 Å². The molecule has 0 radical (unpaired) electrons. The Kier molecular flexibility index (Phi) is 2.92. The van der Waals surface area contributed by atoms with E-state index in [0.717, 1.165) is 30.3 Å². The SMILES string of the molecule is CC1(C)O[C@@H](C=O)[C@@H]2CCc3c(O)cccc3[C@]2(C)O1. The van der Waals surface area contributed by atoms with Crippen LogP contribution < -0.4 is 0 Å². The van der Waals surface area contributed by atoms with Gasteiger partial charge in [-0.25, -0.2) is 0 Å². The Hall–Kier alpha value is -1.39. The molecule has 4 nitrogen and oxygen atoms in total. The van der Waals surface area contributed by atoms with Gasteiger partial charge in [-0.3, -0.25) is 0 Å². The van der Waals surface area contributed by atoms with E-state index in [0.29, 0.717) is 5.75 Å². The summed E-state index contributed by atoms with van der Waals surface area (Å²) in [6.45, 7) is 5.64. The number of fused-ring (bicyclic) bond motifs is 3. The Balaban J connectivity index is 2.14. The molecule has 1 N–H and O–H groups in total. The average Bonchev–Trinajstić information content (AvgIpc) is 2.36. The Morgan fingerprint density at radius 3 is 2.80 bits per heavy atom. The van der Waals surface area contributed by atoms with Crippen molar-refractivity contribution in [3.8, 4) is 5.75 Å². The highest BCUT2D eigenvalue weighted by atomic mass is 16.7. The van der Waals surface area contributed by atoms with Crippen LogP contribution in [0.1, 0.15) is 38.3 Å². The van der Waals surface area contributed by atoms with E-state index in [4.69, 9.17) is 9.47 Å². The molecule has 0 bridgehead atoms. The number of aromatic hydroxyl groups is 1. The largest absolute Gasteiger partial charge is 0.508 e. The molecule has 0 saturated carbocycles. The smallest absolute Gasteiger partial charge is 0.164 e. The van der Waals surface area contributed by atoms with E-state index in [2.05, 4.69) is 0 Å². The van der Waals surface area contributed by atoms with Gasteiger partial charge < -0.3 is 19.4 Å². The van der Waals surface area contributed by atoms with Crippen LogP contribution in [0.3, 0.4) is 0 Å². The minimum Gasteiger partial charge on any atom is -0.508 e. The van der Waals surface area contributed by atoms with Crippen LogP contribution in [-0.4, -0.2) is 23.3 Å². The van der Waals surface area contributed by atoms with E-state index in [9.17, 15) is 9.90 Å². The Morgan fingerprint density at radius 2 is 2.10 bits per heavy atom. The summed E-state index contributed by atoms with van der Waals surface area (Å²) >= 11 is 0. The van der Waals surface area contributed by atoms with E-state index in [-0.39, 0.29) is 5.92 Å². The van der Waals surface area contributed by atoms with E-state index in [1.165, 1.54) is 0 Å².